The number of rotatable bonds is 8. The third-order valence-electron chi connectivity index (χ3n) is 7.91. The van der Waals surface area contributed by atoms with Crippen molar-refractivity contribution in [2.24, 2.45) is 0 Å². The zero-order chi connectivity index (χ0) is 27.0. The van der Waals surface area contributed by atoms with Crippen molar-refractivity contribution >= 4 is 11.7 Å². The number of benzene rings is 1. The molecule has 2 aliphatic rings. The summed E-state index contributed by atoms with van der Waals surface area (Å²) in [5.74, 6) is 1.09. The van der Waals surface area contributed by atoms with Gasteiger partial charge in [-0.05, 0) is 70.1 Å². The van der Waals surface area contributed by atoms with Gasteiger partial charge in [-0.15, -0.1) is 0 Å². The van der Waals surface area contributed by atoms with Crippen molar-refractivity contribution in [1.29, 1.82) is 0 Å². The van der Waals surface area contributed by atoms with Crippen molar-refractivity contribution in [1.82, 2.24) is 20.2 Å². The molecule has 1 aromatic carbocycles. The Kier molecular flexibility index (Phi) is 7.91. The second-order valence-electron chi connectivity index (χ2n) is 11.8. The van der Waals surface area contributed by atoms with Crippen LogP contribution in [0.3, 0.4) is 0 Å². The van der Waals surface area contributed by atoms with E-state index in [0.717, 1.165) is 48.6 Å². The lowest BCUT2D eigenvalue weighted by Gasteiger charge is -2.38. The van der Waals surface area contributed by atoms with Gasteiger partial charge in [0.1, 0.15) is 17.8 Å². The number of amides is 1. The van der Waals surface area contributed by atoms with Crippen LogP contribution in [-0.4, -0.2) is 70.8 Å². The molecule has 2 N–H and O–H groups in total. The van der Waals surface area contributed by atoms with Gasteiger partial charge in [0.15, 0.2) is 0 Å². The van der Waals surface area contributed by atoms with Gasteiger partial charge in [-0.3, -0.25) is 4.79 Å². The molecular formula is C29H42FN5O2. The van der Waals surface area contributed by atoms with E-state index < -0.39 is 17.1 Å². The Labute approximate surface area is 220 Å². The van der Waals surface area contributed by atoms with Crippen molar-refractivity contribution in [2.75, 3.05) is 44.2 Å². The topological polar surface area (TPSA) is 81.6 Å². The number of carbonyl (C=O) groups excluding carboxylic acids is 1. The van der Waals surface area contributed by atoms with Gasteiger partial charge >= 0.3 is 0 Å². The van der Waals surface area contributed by atoms with E-state index in [0.29, 0.717) is 31.1 Å². The molecule has 2 heterocycles. The summed E-state index contributed by atoms with van der Waals surface area (Å²) in [5.41, 5.74) is 2.78. The minimum Gasteiger partial charge on any atom is -0.394 e. The fourth-order valence-corrected chi connectivity index (χ4v) is 5.59. The average Bonchev–Trinajstić information content (AvgIpc) is 3.24. The van der Waals surface area contributed by atoms with Crippen LogP contribution in [-0.2, 0) is 16.9 Å². The number of aliphatic hydroxyl groups excluding tert-OH is 1. The second-order valence-corrected chi connectivity index (χ2v) is 11.8. The van der Waals surface area contributed by atoms with Crippen LogP contribution in [0.2, 0.25) is 0 Å². The molecule has 1 amide bonds. The van der Waals surface area contributed by atoms with Gasteiger partial charge in [0.25, 0.3) is 0 Å². The van der Waals surface area contributed by atoms with Crippen LogP contribution in [0.4, 0.5) is 10.2 Å². The molecule has 1 saturated heterocycles. The number of aliphatic hydroxyl groups is 1. The van der Waals surface area contributed by atoms with Gasteiger partial charge in [0, 0.05) is 49.5 Å². The van der Waals surface area contributed by atoms with E-state index in [-0.39, 0.29) is 12.5 Å². The lowest BCUT2D eigenvalue weighted by molar-refractivity contribution is -0.133. The first-order valence-corrected chi connectivity index (χ1v) is 13.4. The number of fused-ring (bicyclic) bond motifs is 1. The fraction of sp³-hybridized carbons (Fsp3) is 0.621. The number of anilines is 1. The molecule has 1 fully saturated rings. The maximum atomic E-state index is 14.7. The molecule has 7 nitrogen and oxygen atoms in total. The summed E-state index contributed by atoms with van der Waals surface area (Å²) in [7, 11) is 0. The molecule has 8 heteroatoms. The minimum atomic E-state index is -1.45. The molecule has 0 spiro atoms. The highest BCUT2D eigenvalue weighted by Crippen LogP contribution is 2.37. The Balaban J connectivity index is 1.52. The number of aryl methyl sites for hydroxylation is 2. The van der Waals surface area contributed by atoms with Gasteiger partial charge in [-0.1, -0.05) is 25.1 Å². The van der Waals surface area contributed by atoms with Crippen LogP contribution in [0.1, 0.15) is 80.8 Å². The molecule has 1 aliphatic carbocycles. The highest BCUT2D eigenvalue weighted by Gasteiger charge is 2.33. The first-order valence-electron chi connectivity index (χ1n) is 13.4. The first kappa shape index (κ1) is 27.5. The van der Waals surface area contributed by atoms with E-state index in [2.05, 4.69) is 27.1 Å². The van der Waals surface area contributed by atoms with Crippen molar-refractivity contribution in [3.63, 3.8) is 0 Å². The smallest absolute Gasteiger partial charge is 0.231 e. The van der Waals surface area contributed by atoms with Crippen LogP contribution in [0, 0.1) is 6.92 Å². The molecule has 4 rings (SSSR count). The molecule has 0 saturated carbocycles. The van der Waals surface area contributed by atoms with Crippen molar-refractivity contribution < 1.29 is 14.3 Å². The Bertz CT molecular complexity index is 1120. The molecule has 1 aliphatic heterocycles. The molecule has 0 bridgehead atoms. The minimum absolute atomic E-state index is 0.0394. The van der Waals surface area contributed by atoms with E-state index in [1.165, 1.54) is 5.56 Å². The largest absolute Gasteiger partial charge is 0.394 e. The van der Waals surface area contributed by atoms with Crippen LogP contribution < -0.4 is 10.2 Å². The number of nitrogens with one attached hydrogen (secondary N) is 1. The monoisotopic (exact) mass is 511 g/mol. The van der Waals surface area contributed by atoms with Gasteiger partial charge in [-0.2, -0.15) is 0 Å². The van der Waals surface area contributed by atoms with E-state index in [4.69, 9.17) is 0 Å². The maximum absolute atomic E-state index is 14.7. The predicted molar refractivity (Wildman–Crippen MR) is 145 cm³/mol. The highest BCUT2D eigenvalue weighted by atomic mass is 19.1. The number of hydrogen-bond donors (Lipinski definition) is 2. The summed E-state index contributed by atoms with van der Waals surface area (Å²) in [6.45, 7) is 14.1. The average molecular weight is 512 g/mol. The van der Waals surface area contributed by atoms with Gasteiger partial charge in [0.05, 0.1) is 12.5 Å². The standard InChI is InChI=1S/C29H42FN5O2/c1-19-7-10-24-25(19)26(32-18-31-24)34-11-13-35(14-12-34)27(37)22(16-33-28(3,4)17-36)21-8-9-23(20(2)15-21)29(5,6)30/h8-9,15,18-19,22,33,36H,7,10-14,16-17H2,1-6H3. The lowest BCUT2D eigenvalue weighted by atomic mass is 9.89. The van der Waals surface area contributed by atoms with Crippen molar-refractivity contribution in [2.45, 2.75) is 77.4 Å². The summed E-state index contributed by atoms with van der Waals surface area (Å²) < 4.78 is 14.7. The van der Waals surface area contributed by atoms with Crippen LogP contribution >= 0.6 is 0 Å². The third kappa shape index (κ3) is 5.96. The van der Waals surface area contributed by atoms with Crippen molar-refractivity contribution in [3.8, 4) is 0 Å². The van der Waals surface area contributed by atoms with Gasteiger partial charge in [-0.25, -0.2) is 14.4 Å². The predicted octanol–water partition coefficient (Wildman–Crippen LogP) is 3.83. The summed E-state index contributed by atoms with van der Waals surface area (Å²) >= 11 is 0. The number of hydrogen-bond acceptors (Lipinski definition) is 6. The number of halogens is 1. The molecule has 0 radical (unpaired) electrons. The van der Waals surface area contributed by atoms with Crippen LogP contribution in [0.5, 0.6) is 0 Å². The normalized spacial score (nSPS) is 19.2. The zero-order valence-electron chi connectivity index (χ0n) is 23.1. The summed E-state index contributed by atoms with van der Waals surface area (Å²) in [6.07, 6.45) is 3.77. The second kappa shape index (κ2) is 10.7. The lowest BCUT2D eigenvalue weighted by Crippen LogP contribution is -2.52. The third-order valence-corrected chi connectivity index (χ3v) is 7.91. The summed E-state index contributed by atoms with van der Waals surface area (Å²) in [6, 6.07) is 5.62. The van der Waals surface area contributed by atoms with Crippen molar-refractivity contribution in [3.05, 3.63) is 52.5 Å². The molecule has 2 unspecified atom stereocenters. The van der Waals surface area contributed by atoms with Gasteiger partial charge in [0.2, 0.25) is 5.91 Å². The molecular weight excluding hydrogens is 469 g/mol. The first-order chi connectivity index (χ1) is 17.4. The number of nitrogens with zero attached hydrogens (tertiary/aromatic N) is 4. The molecule has 202 valence electrons. The van der Waals surface area contributed by atoms with E-state index in [1.54, 1.807) is 26.2 Å². The van der Waals surface area contributed by atoms with E-state index >= 15 is 0 Å². The number of piperazine rings is 1. The Morgan fingerprint density at radius 3 is 2.51 bits per heavy atom. The maximum Gasteiger partial charge on any atom is 0.231 e. The van der Waals surface area contributed by atoms with Gasteiger partial charge < -0.3 is 20.2 Å². The molecule has 1 aromatic heterocycles. The highest BCUT2D eigenvalue weighted by molar-refractivity contribution is 5.84. The Hall–Kier alpha value is -2.58. The van der Waals surface area contributed by atoms with E-state index in [1.807, 2.05) is 37.8 Å². The van der Waals surface area contributed by atoms with Crippen LogP contribution in [0.15, 0.2) is 24.5 Å². The number of aromatic nitrogens is 2. The Morgan fingerprint density at radius 1 is 1.19 bits per heavy atom. The molecule has 2 aromatic rings. The van der Waals surface area contributed by atoms with Crippen LogP contribution in [0.25, 0.3) is 0 Å². The Morgan fingerprint density at radius 2 is 1.89 bits per heavy atom. The SMILES string of the molecule is Cc1cc(C(CNC(C)(C)CO)C(=O)N2CCN(c3ncnc4c3C(C)CC4)CC2)ccc1C(C)(C)F. The number of alkyl halides is 1. The zero-order valence-corrected chi connectivity index (χ0v) is 23.1. The number of carbonyl (C=O) groups is 1. The van der Waals surface area contributed by atoms with E-state index in [9.17, 15) is 14.3 Å². The molecule has 37 heavy (non-hydrogen) atoms. The summed E-state index contributed by atoms with van der Waals surface area (Å²) in [5, 5.41) is 13.1. The summed E-state index contributed by atoms with van der Waals surface area (Å²) in [4.78, 5) is 27.2. The quantitative estimate of drug-likeness (QED) is 0.561. The fourth-order valence-electron chi connectivity index (χ4n) is 5.59. The molecule has 2 atom stereocenters.